The van der Waals surface area contributed by atoms with E-state index >= 15 is 0 Å². The number of rotatable bonds is 3. The Labute approximate surface area is 94.4 Å². The normalized spacial score (nSPS) is 24.6. The summed E-state index contributed by atoms with van der Waals surface area (Å²) < 4.78 is 5.08. The number of aliphatic hydroxyl groups excluding tert-OH is 1. The number of amides is 1. The van der Waals surface area contributed by atoms with Crippen LogP contribution in [0.2, 0.25) is 0 Å². The zero-order chi connectivity index (χ0) is 11.5. The summed E-state index contributed by atoms with van der Waals surface area (Å²) in [6.07, 6.45) is -0.600. The van der Waals surface area contributed by atoms with Crippen molar-refractivity contribution in [2.24, 2.45) is 0 Å². The number of cyclic esters (lactones) is 1. The largest absolute Gasteiger partial charge is 0.444 e. The van der Waals surface area contributed by atoms with Gasteiger partial charge in [0.05, 0.1) is 12.6 Å². The van der Waals surface area contributed by atoms with E-state index in [-0.39, 0.29) is 24.8 Å². The molecule has 86 valence electrons. The lowest BCUT2D eigenvalue weighted by molar-refractivity contribution is 0.129. The van der Waals surface area contributed by atoms with Crippen LogP contribution in [0.15, 0.2) is 30.3 Å². The van der Waals surface area contributed by atoms with E-state index in [1.54, 1.807) is 11.8 Å². The number of hydrogen-bond donors (Lipinski definition) is 1. The summed E-state index contributed by atoms with van der Waals surface area (Å²) in [6, 6.07) is 9.43. The zero-order valence-corrected chi connectivity index (χ0v) is 9.17. The van der Waals surface area contributed by atoms with Gasteiger partial charge in [-0.25, -0.2) is 4.79 Å². The molecule has 1 aromatic rings. The molecule has 1 N–H and O–H groups in total. The average molecular weight is 221 g/mol. The van der Waals surface area contributed by atoms with Gasteiger partial charge >= 0.3 is 6.09 Å². The van der Waals surface area contributed by atoms with Crippen molar-refractivity contribution in [3.05, 3.63) is 35.9 Å². The SMILES string of the molecule is C[C@H]1OC(=O)N(Cc2ccccc2)[C@H]1CO. The molecule has 2 rings (SSSR count). The van der Waals surface area contributed by atoms with Crippen LogP contribution in [0.1, 0.15) is 12.5 Å². The maximum Gasteiger partial charge on any atom is 0.410 e. The summed E-state index contributed by atoms with van der Waals surface area (Å²) in [5.41, 5.74) is 1.03. The van der Waals surface area contributed by atoms with Gasteiger partial charge in [0.15, 0.2) is 0 Å². The summed E-state index contributed by atoms with van der Waals surface area (Å²) in [7, 11) is 0. The second-order valence-corrected chi connectivity index (χ2v) is 3.95. The predicted octanol–water partition coefficient (Wildman–Crippen LogP) is 1.39. The Bertz CT molecular complexity index is 366. The fourth-order valence-electron chi connectivity index (χ4n) is 1.90. The van der Waals surface area contributed by atoms with Crippen LogP contribution in [0.4, 0.5) is 4.79 Å². The van der Waals surface area contributed by atoms with Crippen molar-refractivity contribution in [1.82, 2.24) is 4.90 Å². The van der Waals surface area contributed by atoms with Gasteiger partial charge in [-0.15, -0.1) is 0 Å². The third-order valence-corrected chi connectivity index (χ3v) is 2.85. The Morgan fingerprint density at radius 2 is 2.06 bits per heavy atom. The summed E-state index contributed by atoms with van der Waals surface area (Å²) in [6.45, 7) is 2.21. The first-order chi connectivity index (χ1) is 7.72. The molecule has 0 saturated carbocycles. The Balaban J connectivity index is 2.11. The molecule has 16 heavy (non-hydrogen) atoms. The van der Waals surface area contributed by atoms with E-state index in [4.69, 9.17) is 4.74 Å². The molecule has 1 heterocycles. The molecule has 1 aliphatic rings. The minimum absolute atomic E-state index is 0.0697. The van der Waals surface area contributed by atoms with Crippen molar-refractivity contribution in [3.63, 3.8) is 0 Å². The first kappa shape index (κ1) is 11.0. The Kier molecular flexibility index (Phi) is 3.10. The van der Waals surface area contributed by atoms with Crippen LogP contribution in [0.5, 0.6) is 0 Å². The highest BCUT2D eigenvalue weighted by molar-refractivity contribution is 5.70. The zero-order valence-electron chi connectivity index (χ0n) is 9.17. The summed E-state index contributed by atoms with van der Waals surface area (Å²) >= 11 is 0. The van der Waals surface area contributed by atoms with E-state index in [1.165, 1.54) is 0 Å². The molecule has 1 aliphatic heterocycles. The van der Waals surface area contributed by atoms with E-state index in [0.29, 0.717) is 6.54 Å². The third kappa shape index (κ3) is 2.02. The lowest BCUT2D eigenvalue weighted by Crippen LogP contribution is -2.38. The molecule has 0 bridgehead atoms. The average Bonchev–Trinajstić information content (AvgIpc) is 2.55. The van der Waals surface area contributed by atoms with Crippen molar-refractivity contribution < 1.29 is 14.6 Å². The second kappa shape index (κ2) is 4.53. The topological polar surface area (TPSA) is 49.8 Å². The van der Waals surface area contributed by atoms with Gasteiger partial charge in [-0.2, -0.15) is 0 Å². The third-order valence-electron chi connectivity index (χ3n) is 2.85. The van der Waals surface area contributed by atoms with Crippen LogP contribution >= 0.6 is 0 Å². The molecule has 2 atom stereocenters. The number of benzene rings is 1. The number of nitrogens with zero attached hydrogens (tertiary/aromatic N) is 1. The molecular formula is C12H15NO3. The molecule has 0 radical (unpaired) electrons. The van der Waals surface area contributed by atoms with Gasteiger partial charge in [-0.3, -0.25) is 4.90 Å². The first-order valence-corrected chi connectivity index (χ1v) is 5.34. The number of carbonyl (C=O) groups excluding carboxylic acids is 1. The molecule has 1 saturated heterocycles. The molecular weight excluding hydrogens is 206 g/mol. The monoisotopic (exact) mass is 221 g/mol. The maximum atomic E-state index is 11.6. The Hall–Kier alpha value is -1.55. The lowest BCUT2D eigenvalue weighted by Gasteiger charge is -2.21. The number of ether oxygens (including phenoxy) is 1. The first-order valence-electron chi connectivity index (χ1n) is 5.34. The summed E-state index contributed by atoms with van der Waals surface area (Å²) in [4.78, 5) is 13.1. The van der Waals surface area contributed by atoms with Gasteiger partial charge in [-0.1, -0.05) is 30.3 Å². The van der Waals surface area contributed by atoms with E-state index in [1.807, 2.05) is 30.3 Å². The van der Waals surface area contributed by atoms with Crippen molar-refractivity contribution in [3.8, 4) is 0 Å². The van der Waals surface area contributed by atoms with Crippen molar-refractivity contribution in [1.29, 1.82) is 0 Å². The van der Waals surface area contributed by atoms with Crippen LogP contribution in [0.25, 0.3) is 0 Å². The van der Waals surface area contributed by atoms with Crippen LogP contribution in [-0.2, 0) is 11.3 Å². The molecule has 0 spiro atoms. The van der Waals surface area contributed by atoms with E-state index < -0.39 is 0 Å². The molecule has 1 aromatic carbocycles. The molecule has 0 aliphatic carbocycles. The molecule has 0 aromatic heterocycles. The predicted molar refractivity (Wildman–Crippen MR) is 58.8 cm³/mol. The lowest BCUT2D eigenvalue weighted by atomic mass is 10.1. The van der Waals surface area contributed by atoms with Crippen LogP contribution in [0.3, 0.4) is 0 Å². The minimum atomic E-state index is -0.351. The molecule has 4 nitrogen and oxygen atoms in total. The van der Waals surface area contributed by atoms with Crippen LogP contribution in [-0.4, -0.2) is 34.9 Å². The minimum Gasteiger partial charge on any atom is -0.444 e. The highest BCUT2D eigenvalue weighted by atomic mass is 16.6. The molecule has 4 heteroatoms. The highest BCUT2D eigenvalue weighted by Gasteiger charge is 2.38. The Morgan fingerprint density at radius 3 is 2.69 bits per heavy atom. The molecule has 1 amide bonds. The number of hydrogen-bond acceptors (Lipinski definition) is 3. The van der Waals surface area contributed by atoms with E-state index in [2.05, 4.69) is 0 Å². The Morgan fingerprint density at radius 1 is 1.38 bits per heavy atom. The van der Waals surface area contributed by atoms with Gasteiger partial charge in [0, 0.05) is 6.54 Å². The number of aliphatic hydroxyl groups is 1. The van der Waals surface area contributed by atoms with Gasteiger partial charge in [0.2, 0.25) is 0 Å². The molecule has 1 fully saturated rings. The highest BCUT2D eigenvalue weighted by Crippen LogP contribution is 2.21. The van der Waals surface area contributed by atoms with Gasteiger partial charge < -0.3 is 9.84 Å². The van der Waals surface area contributed by atoms with Crippen molar-refractivity contribution in [2.75, 3.05) is 6.61 Å². The fraction of sp³-hybridized carbons (Fsp3) is 0.417. The summed E-state index contributed by atoms with van der Waals surface area (Å²) in [5.74, 6) is 0. The van der Waals surface area contributed by atoms with Crippen LogP contribution < -0.4 is 0 Å². The second-order valence-electron chi connectivity index (χ2n) is 3.95. The van der Waals surface area contributed by atoms with Gasteiger partial charge in [-0.05, 0) is 12.5 Å². The van der Waals surface area contributed by atoms with E-state index in [0.717, 1.165) is 5.56 Å². The fourth-order valence-corrected chi connectivity index (χ4v) is 1.90. The quantitative estimate of drug-likeness (QED) is 0.839. The maximum absolute atomic E-state index is 11.6. The smallest absolute Gasteiger partial charge is 0.410 e. The van der Waals surface area contributed by atoms with E-state index in [9.17, 15) is 9.90 Å². The number of carbonyl (C=O) groups is 1. The van der Waals surface area contributed by atoms with Crippen molar-refractivity contribution in [2.45, 2.75) is 25.6 Å². The van der Waals surface area contributed by atoms with Gasteiger partial charge in [0.25, 0.3) is 0 Å². The molecule has 0 unspecified atom stereocenters. The van der Waals surface area contributed by atoms with Crippen LogP contribution in [0, 0.1) is 0 Å². The summed E-state index contributed by atoms with van der Waals surface area (Å²) in [5, 5.41) is 9.23. The van der Waals surface area contributed by atoms with Gasteiger partial charge in [0.1, 0.15) is 6.10 Å². The van der Waals surface area contributed by atoms with Crippen molar-refractivity contribution >= 4 is 6.09 Å². The standard InChI is InChI=1S/C12H15NO3/c1-9-11(8-14)13(12(15)16-9)7-10-5-3-2-4-6-10/h2-6,9,11,14H,7-8H2,1H3/t9-,11+/m1/s1.